The molecule has 1 aromatic rings. The molecule has 5 heteroatoms. The second-order valence-corrected chi connectivity index (χ2v) is 5.87. The third kappa shape index (κ3) is 2.31. The number of rotatable bonds is 4. The molecule has 21 heavy (non-hydrogen) atoms. The summed E-state index contributed by atoms with van der Waals surface area (Å²) in [5.41, 5.74) is 1.25. The second-order valence-electron chi connectivity index (χ2n) is 5.87. The summed E-state index contributed by atoms with van der Waals surface area (Å²) < 4.78 is 5.49. The Labute approximate surface area is 123 Å². The van der Waals surface area contributed by atoms with Crippen LogP contribution in [0.15, 0.2) is 24.3 Å². The lowest BCUT2D eigenvalue weighted by Crippen LogP contribution is -2.49. The molecule has 0 aromatic heterocycles. The van der Waals surface area contributed by atoms with Crippen LogP contribution in [0, 0.1) is 0 Å². The number of carboxylic acids is 1. The molecule has 1 fully saturated rings. The van der Waals surface area contributed by atoms with E-state index in [-0.39, 0.29) is 12.3 Å². The normalized spacial score (nSPS) is 22.5. The SMILES string of the molecule is COC1(CC(=O)N2c3ccccc3CC2C(=O)O)CCC1. The van der Waals surface area contributed by atoms with Crippen molar-refractivity contribution in [1.29, 1.82) is 0 Å². The van der Waals surface area contributed by atoms with E-state index in [1.54, 1.807) is 7.11 Å². The Hall–Kier alpha value is -1.88. The minimum absolute atomic E-state index is 0.158. The van der Waals surface area contributed by atoms with Crippen LogP contribution in [0.4, 0.5) is 5.69 Å². The lowest BCUT2D eigenvalue weighted by Gasteiger charge is -2.41. The number of carbonyl (C=O) groups excluding carboxylic acids is 1. The largest absolute Gasteiger partial charge is 0.480 e. The van der Waals surface area contributed by atoms with Crippen molar-refractivity contribution >= 4 is 17.6 Å². The zero-order valence-electron chi connectivity index (χ0n) is 12.0. The average Bonchev–Trinajstić information content (AvgIpc) is 2.82. The molecule has 1 saturated carbocycles. The molecule has 112 valence electrons. The maximum absolute atomic E-state index is 12.7. The van der Waals surface area contributed by atoms with Gasteiger partial charge < -0.3 is 9.84 Å². The van der Waals surface area contributed by atoms with E-state index >= 15 is 0 Å². The average molecular weight is 289 g/mol. The number of para-hydroxylation sites is 1. The first-order valence-corrected chi connectivity index (χ1v) is 7.24. The summed E-state index contributed by atoms with van der Waals surface area (Å²) >= 11 is 0. The molecule has 1 atom stereocenters. The molecule has 0 spiro atoms. The van der Waals surface area contributed by atoms with E-state index in [2.05, 4.69) is 0 Å². The smallest absolute Gasteiger partial charge is 0.327 e. The number of hydrogen-bond donors (Lipinski definition) is 1. The van der Waals surface area contributed by atoms with Gasteiger partial charge in [0.15, 0.2) is 0 Å². The molecule has 5 nitrogen and oxygen atoms in total. The number of hydrogen-bond acceptors (Lipinski definition) is 3. The topological polar surface area (TPSA) is 66.8 Å². The predicted octanol–water partition coefficient (Wildman–Crippen LogP) is 1.99. The maximum atomic E-state index is 12.7. The third-order valence-corrected chi connectivity index (χ3v) is 4.70. The summed E-state index contributed by atoms with van der Waals surface area (Å²) in [7, 11) is 1.62. The Balaban J connectivity index is 1.87. The standard InChI is InChI=1S/C16H19NO4/c1-21-16(7-4-8-16)10-14(18)17-12-6-3-2-5-11(12)9-13(17)15(19)20/h2-3,5-6,13H,4,7-10H2,1H3,(H,19,20). The van der Waals surface area contributed by atoms with Gasteiger partial charge in [0, 0.05) is 19.2 Å². The van der Waals surface area contributed by atoms with Crippen molar-refractivity contribution in [2.45, 2.75) is 43.7 Å². The van der Waals surface area contributed by atoms with Gasteiger partial charge in [0.05, 0.1) is 12.0 Å². The number of amides is 1. The van der Waals surface area contributed by atoms with Crippen molar-refractivity contribution in [2.24, 2.45) is 0 Å². The van der Waals surface area contributed by atoms with Crippen LogP contribution < -0.4 is 4.90 Å². The summed E-state index contributed by atoms with van der Waals surface area (Å²) in [5, 5.41) is 9.41. The number of fused-ring (bicyclic) bond motifs is 1. The van der Waals surface area contributed by atoms with Crippen molar-refractivity contribution in [3.05, 3.63) is 29.8 Å². The highest BCUT2D eigenvalue weighted by Crippen LogP contribution is 2.40. The van der Waals surface area contributed by atoms with Crippen molar-refractivity contribution in [3.63, 3.8) is 0 Å². The van der Waals surface area contributed by atoms with Gasteiger partial charge in [-0.2, -0.15) is 0 Å². The molecule has 2 aliphatic rings. The molecule has 0 saturated heterocycles. The summed E-state index contributed by atoms with van der Waals surface area (Å²) in [4.78, 5) is 25.6. The van der Waals surface area contributed by atoms with E-state index in [1.165, 1.54) is 4.90 Å². The Morgan fingerprint density at radius 1 is 1.38 bits per heavy atom. The number of aliphatic carboxylic acids is 1. The van der Waals surface area contributed by atoms with Gasteiger partial charge in [-0.05, 0) is 30.9 Å². The minimum atomic E-state index is -0.959. The molecule has 1 aromatic carbocycles. The van der Waals surface area contributed by atoms with Gasteiger partial charge in [-0.1, -0.05) is 18.2 Å². The fourth-order valence-electron chi connectivity index (χ4n) is 3.28. The van der Waals surface area contributed by atoms with E-state index in [4.69, 9.17) is 4.74 Å². The molecule has 1 unspecified atom stereocenters. The fraction of sp³-hybridized carbons (Fsp3) is 0.500. The molecule has 1 heterocycles. The third-order valence-electron chi connectivity index (χ3n) is 4.70. The van der Waals surface area contributed by atoms with Gasteiger partial charge in [-0.3, -0.25) is 9.69 Å². The molecule has 0 bridgehead atoms. The fourth-order valence-corrected chi connectivity index (χ4v) is 3.28. The van der Waals surface area contributed by atoms with Crippen LogP contribution in [-0.4, -0.2) is 35.7 Å². The predicted molar refractivity (Wildman–Crippen MR) is 77.3 cm³/mol. The molecule has 0 radical (unpaired) electrons. The minimum Gasteiger partial charge on any atom is -0.480 e. The number of carbonyl (C=O) groups is 2. The Kier molecular flexibility index (Phi) is 3.45. The second kappa shape index (κ2) is 5.15. The van der Waals surface area contributed by atoms with Crippen LogP contribution in [0.25, 0.3) is 0 Å². The first kappa shape index (κ1) is 14.1. The number of ether oxygens (including phenoxy) is 1. The number of methoxy groups -OCH3 is 1. The maximum Gasteiger partial charge on any atom is 0.327 e. The van der Waals surface area contributed by atoms with Crippen LogP contribution in [0.1, 0.15) is 31.2 Å². The number of nitrogens with zero attached hydrogens (tertiary/aromatic N) is 1. The highest BCUT2D eigenvalue weighted by Gasteiger charge is 2.44. The van der Waals surface area contributed by atoms with Crippen molar-refractivity contribution in [2.75, 3.05) is 12.0 Å². The van der Waals surface area contributed by atoms with Gasteiger partial charge in [-0.25, -0.2) is 4.79 Å². The van der Waals surface area contributed by atoms with Crippen LogP contribution in [-0.2, 0) is 20.7 Å². The van der Waals surface area contributed by atoms with E-state index in [0.717, 1.165) is 30.5 Å². The summed E-state index contributed by atoms with van der Waals surface area (Å²) in [6.45, 7) is 0. The number of anilines is 1. The van der Waals surface area contributed by atoms with E-state index < -0.39 is 17.6 Å². The van der Waals surface area contributed by atoms with E-state index in [0.29, 0.717) is 6.42 Å². The Bertz CT molecular complexity index is 574. The highest BCUT2D eigenvalue weighted by molar-refractivity contribution is 6.02. The Morgan fingerprint density at radius 2 is 2.10 bits per heavy atom. The summed E-state index contributed by atoms with van der Waals surface area (Å²) in [5.74, 6) is -1.12. The highest BCUT2D eigenvalue weighted by atomic mass is 16.5. The molecule has 1 aliphatic heterocycles. The van der Waals surface area contributed by atoms with Crippen LogP contribution in [0.3, 0.4) is 0 Å². The molecule has 1 aliphatic carbocycles. The van der Waals surface area contributed by atoms with Crippen molar-refractivity contribution in [1.82, 2.24) is 0 Å². The van der Waals surface area contributed by atoms with Gasteiger partial charge in [0.2, 0.25) is 5.91 Å². The van der Waals surface area contributed by atoms with E-state index in [1.807, 2.05) is 24.3 Å². The van der Waals surface area contributed by atoms with Crippen LogP contribution in [0.2, 0.25) is 0 Å². The summed E-state index contributed by atoms with van der Waals surface area (Å²) in [6, 6.07) is 6.60. The molecule has 1 N–H and O–H groups in total. The molecule has 1 amide bonds. The van der Waals surface area contributed by atoms with Crippen molar-refractivity contribution < 1.29 is 19.4 Å². The number of carboxylic acid groups (broad SMARTS) is 1. The summed E-state index contributed by atoms with van der Waals surface area (Å²) in [6.07, 6.45) is 3.41. The molecule has 3 rings (SSSR count). The Morgan fingerprint density at radius 3 is 2.67 bits per heavy atom. The first-order valence-electron chi connectivity index (χ1n) is 7.24. The first-order chi connectivity index (χ1) is 10.1. The lowest BCUT2D eigenvalue weighted by atomic mass is 9.77. The van der Waals surface area contributed by atoms with Crippen LogP contribution in [0.5, 0.6) is 0 Å². The van der Waals surface area contributed by atoms with Gasteiger partial charge in [0.1, 0.15) is 6.04 Å². The van der Waals surface area contributed by atoms with Gasteiger partial charge in [0.25, 0.3) is 0 Å². The zero-order chi connectivity index (χ0) is 15.0. The van der Waals surface area contributed by atoms with Crippen LogP contribution >= 0.6 is 0 Å². The monoisotopic (exact) mass is 289 g/mol. The zero-order valence-corrected chi connectivity index (χ0v) is 12.0. The molecular formula is C16H19NO4. The number of benzene rings is 1. The van der Waals surface area contributed by atoms with Gasteiger partial charge in [-0.15, -0.1) is 0 Å². The van der Waals surface area contributed by atoms with Crippen molar-refractivity contribution in [3.8, 4) is 0 Å². The quantitative estimate of drug-likeness (QED) is 0.920. The van der Waals surface area contributed by atoms with E-state index in [9.17, 15) is 14.7 Å². The van der Waals surface area contributed by atoms with Gasteiger partial charge >= 0.3 is 5.97 Å². The molecular weight excluding hydrogens is 270 g/mol. The lowest BCUT2D eigenvalue weighted by molar-refractivity contribution is -0.142.